The van der Waals surface area contributed by atoms with E-state index in [0.29, 0.717) is 0 Å². The van der Waals surface area contributed by atoms with Crippen LogP contribution in [0.5, 0.6) is 0 Å². The summed E-state index contributed by atoms with van der Waals surface area (Å²) in [5.41, 5.74) is 0.755. The van der Waals surface area contributed by atoms with Crippen molar-refractivity contribution in [3.05, 3.63) is 0 Å². The Balaban J connectivity index is 0.00000120. The zero-order chi connectivity index (χ0) is 11.6. The van der Waals surface area contributed by atoms with Gasteiger partial charge in [0.15, 0.2) is 0 Å². The summed E-state index contributed by atoms with van der Waals surface area (Å²) in [5, 5.41) is 3.48. The van der Waals surface area contributed by atoms with E-state index in [9.17, 15) is 0 Å². The summed E-state index contributed by atoms with van der Waals surface area (Å²) in [6, 6.07) is 0. The molecule has 1 N–H and O–H groups in total. The maximum Gasteiger partial charge on any atom is 0.00381 e. The molecule has 0 unspecified atom stereocenters. The molecule has 0 aromatic heterocycles. The Labute approximate surface area is 118 Å². The molecule has 2 nitrogen and oxygen atoms in total. The molecule has 0 radical (unpaired) electrons. The van der Waals surface area contributed by atoms with Gasteiger partial charge in [0.25, 0.3) is 0 Å². The lowest BCUT2D eigenvalue weighted by Crippen LogP contribution is -2.45. The minimum atomic E-state index is 0. The van der Waals surface area contributed by atoms with Gasteiger partial charge in [0.05, 0.1) is 0 Å². The number of halogens is 1. The van der Waals surface area contributed by atoms with Gasteiger partial charge in [-0.2, -0.15) is 0 Å². The van der Waals surface area contributed by atoms with Crippen molar-refractivity contribution in [3.8, 4) is 0 Å². The molecule has 2 saturated heterocycles. The lowest BCUT2D eigenvalue weighted by atomic mass is 9.78. The molecule has 1 spiro atoms. The average Bonchev–Trinajstić information content (AvgIpc) is 2.79. The van der Waals surface area contributed by atoms with Crippen molar-refractivity contribution >= 4 is 12.4 Å². The summed E-state index contributed by atoms with van der Waals surface area (Å²) in [6.07, 6.45) is 11.8. The number of hydrogen-bond donors (Lipinski definition) is 1. The first-order chi connectivity index (χ1) is 8.36. The van der Waals surface area contributed by atoms with Gasteiger partial charge >= 0.3 is 0 Å². The van der Waals surface area contributed by atoms with Crippen LogP contribution in [0.3, 0.4) is 0 Å². The molecule has 3 aliphatic rings. The fourth-order valence-corrected chi connectivity index (χ4v) is 4.43. The second kappa shape index (κ2) is 6.58. The third kappa shape index (κ3) is 3.40. The Morgan fingerprint density at radius 3 is 2.39 bits per heavy atom. The van der Waals surface area contributed by atoms with Gasteiger partial charge in [0, 0.05) is 13.1 Å². The maximum absolute atomic E-state index is 3.48. The molecule has 0 atom stereocenters. The molecule has 2 heterocycles. The molecule has 3 rings (SSSR count). The smallest absolute Gasteiger partial charge is 0.00381 e. The molecule has 1 saturated carbocycles. The summed E-state index contributed by atoms with van der Waals surface area (Å²) >= 11 is 0. The normalized spacial score (nSPS) is 29.3. The van der Waals surface area contributed by atoms with E-state index in [-0.39, 0.29) is 12.4 Å². The molecule has 2 aliphatic heterocycles. The van der Waals surface area contributed by atoms with Crippen LogP contribution in [-0.2, 0) is 0 Å². The molecular formula is C15H29ClN2. The van der Waals surface area contributed by atoms with Gasteiger partial charge in [0.2, 0.25) is 0 Å². The van der Waals surface area contributed by atoms with E-state index < -0.39 is 0 Å². The predicted molar refractivity (Wildman–Crippen MR) is 79.4 cm³/mol. The van der Waals surface area contributed by atoms with Crippen LogP contribution < -0.4 is 5.32 Å². The molecule has 0 bridgehead atoms. The topological polar surface area (TPSA) is 15.3 Å². The van der Waals surface area contributed by atoms with Gasteiger partial charge < -0.3 is 10.2 Å². The van der Waals surface area contributed by atoms with Crippen LogP contribution >= 0.6 is 12.4 Å². The molecule has 0 aromatic rings. The van der Waals surface area contributed by atoms with Crippen LogP contribution in [0.4, 0.5) is 0 Å². The fourth-order valence-electron chi connectivity index (χ4n) is 4.43. The molecule has 18 heavy (non-hydrogen) atoms. The lowest BCUT2D eigenvalue weighted by molar-refractivity contribution is 0.0752. The highest BCUT2D eigenvalue weighted by Gasteiger charge is 2.38. The van der Waals surface area contributed by atoms with Gasteiger partial charge in [-0.1, -0.05) is 12.8 Å². The third-order valence-corrected chi connectivity index (χ3v) is 5.38. The SMILES string of the molecule is C1CCC2(C1)CCCN(CC1CCNCC1)C2.Cl. The summed E-state index contributed by atoms with van der Waals surface area (Å²) in [6.45, 7) is 6.71. The van der Waals surface area contributed by atoms with Crippen LogP contribution in [0, 0.1) is 11.3 Å². The second-order valence-electron chi connectivity index (χ2n) is 6.74. The van der Waals surface area contributed by atoms with Gasteiger partial charge in [-0.25, -0.2) is 0 Å². The lowest BCUT2D eigenvalue weighted by Gasteiger charge is -2.42. The van der Waals surface area contributed by atoms with E-state index in [4.69, 9.17) is 0 Å². The Morgan fingerprint density at radius 1 is 1.00 bits per heavy atom. The van der Waals surface area contributed by atoms with E-state index >= 15 is 0 Å². The number of rotatable bonds is 2. The van der Waals surface area contributed by atoms with Gasteiger partial charge in [-0.3, -0.25) is 0 Å². The van der Waals surface area contributed by atoms with Crippen molar-refractivity contribution < 1.29 is 0 Å². The monoisotopic (exact) mass is 272 g/mol. The second-order valence-corrected chi connectivity index (χ2v) is 6.74. The molecule has 3 heteroatoms. The van der Waals surface area contributed by atoms with E-state index in [1.807, 2.05) is 0 Å². The van der Waals surface area contributed by atoms with Crippen LogP contribution in [-0.4, -0.2) is 37.6 Å². The standard InChI is InChI=1S/C15H28N2.ClH/c1-2-7-15(6-1)8-3-11-17(13-15)12-14-4-9-16-10-5-14;/h14,16H,1-13H2;1H. The van der Waals surface area contributed by atoms with Crippen molar-refractivity contribution in [2.45, 2.75) is 51.4 Å². The Hall–Kier alpha value is 0.210. The molecule has 0 amide bonds. The van der Waals surface area contributed by atoms with E-state index in [1.54, 1.807) is 0 Å². The van der Waals surface area contributed by atoms with Crippen molar-refractivity contribution in [3.63, 3.8) is 0 Å². The fraction of sp³-hybridized carbons (Fsp3) is 1.00. The Kier molecular flexibility index (Phi) is 5.35. The number of piperidine rings is 2. The Morgan fingerprint density at radius 2 is 1.67 bits per heavy atom. The highest BCUT2D eigenvalue weighted by Crippen LogP contribution is 2.44. The number of nitrogens with one attached hydrogen (secondary N) is 1. The zero-order valence-electron chi connectivity index (χ0n) is 11.6. The summed E-state index contributed by atoms with van der Waals surface area (Å²) < 4.78 is 0. The third-order valence-electron chi connectivity index (χ3n) is 5.38. The first-order valence-electron chi connectivity index (χ1n) is 7.79. The van der Waals surface area contributed by atoms with Crippen molar-refractivity contribution in [2.75, 3.05) is 32.7 Å². The Bertz CT molecular complexity index is 245. The molecule has 3 fully saturated rings. The van der Waals surface area contributed by atoms with Gasteiger partial charge in [-0.15, -0.1) is 12.4 Å². The van der Waals surface area contributed by atoms with Gasteiger partial charge in [0.1, 0.15) is 0 Å². The van der Waals surface area contributed by atoms with Crippen molar-refractivity contribution in [1.29, 1.82) is 0 Å². The quantitative estimate of drug-likeness (QED) is 0.831. The number of likely N-dealkylation sites (tertiary alicyclic amines) is 1. The highest BCUT2D eigenvalue weighted by atomic mass is 35.5. The summed E-state index contributed by atoms with van der Waals surface area (Å²) in [4.78, 5) is 2.81. The largest absolute Gasteiger partial charge is 0.317 e. The van der Waals surface area contributed by atoms with Gasteiger partial charge in [-0.05, 0) is 69.5 Å². The average molecular weight is 273 g/mol. The number of hydrogen-bond acceptors (Lipinski definition) is 2. The first kappa shape index (κ1) is 14.6. The van der Waals surface area contributed by atoms with Crippen LogP contribution in [0.15, 0.2) is 0 Å². The molecule has 106 valence electrons. The predicted octanol–water partition coefficient (Wildman–Crippen LogP) is 3.06. The minimum absolute atomic E-state index is 0. The van der Waals surface area contributed by atoms with Crippen LogP contribution in [0.2, 0.25) is 0 Å². The van der Waals surface area contributed by atoms with E-state index in [2.05, 4.69) is 10.2 Å². The summed E-state index contributed by atoms with van der Waals surface area (Å²) in [7, 11) is 0. The maximum atomic E-state index is 3.48. The molecule has 0 aromatic carbocycles. The van der Waals surface area contributed by atoms with Crippen molar-refractivity contribution in [1.82, 2.24) is 10.2 Å². The number of nitrogens with zero attached hydrogens (tertiary/aromatic N) is 1. The van der Waals surface area contributed by atoms with Crippen molar-refractivity contribution in [2.24, 2.45) is 11.3 Å². The summed E-state index contributed by atoms with van der Waals surface area (Å²) in [5.74, 6) is 0.979. The molecule has 1 aliphatic carbocycles. The van der Waals surface area contributed by atoms with Crippen LogP contribution in [0.25, 0.3) is 0 Å². The van der Waals surface area contributed by atoms with Crippen LogP contribution in [0.1, 0.15) is 51.4 Å². The minimum Gasteiger partial charge on any atom is -0.317 e. The highest BCUT2D eigenvalue weighted by molar-refractivity contribution is 5.85. The molecular weight excluding hydrogens is 244 g/mol. The zero-order valence-corrected chi connectivity index (χ0v) is 12.4. The van der Waals surface area contributed by atoms with E-state index in [1.165, 1.54) is 84.1 Å². The van der Waals surface area contributed by atoms with E-state index in [0.717, 1.165) is 11.3 Å². The first-order valence-corrected chi connectivity index (χ1v) is 7.79.